The van der Waals surface area contributed by atoms with Crippen molar-refractivity contribution in [1.82, 2.24) is 9.78 Å². The van der Waals surface area contributed by atoms with Crippen LogP contribution in [-0.4, -0.2) is 42.5 Å². The van der Waals surface area contributed by atoms with E-state index in [2.05, 4.69) is 10.4 Å². The highest BCUT2D eigenvalue weighted by Gasteiger charge is 2.18. The highest BCUT2D eigenvalue weighted by molar-refractivity contribution is 6.04. The monoisotopic (exact) mass is 471 g/mol. The van der Waals surface area contributed by atoms with E-state index in [1.165, 1.54) is 0 Å². The fourth-order valence-corrected chi connectivity index (χ4v) is 3.54. The first kappa shape index (κ1) is 23.6. The number of carbonyl (C=O) groups is 2. The molecule has 1 N–H and O–H groups in total. The average molecular weight is 472 g/mol. The van der Waals surface area contributed by atoms with Crippen LogP contribution in [0.4, 0.5) is 5.69 Å². The van der Waals surface area contributed by atoms with Gasteiger partial charge in [-0.05, 0) is 67.6 Å². The fourth-order valence-electron chi connectivity index (χ4n) is 3.54. The van der Waals surface area contributed by atoms with Crippen molar-refractivity contribution in [2.75, 3.05) is 26.1 Å². The summed E-state index contributed by atoms with van der Waals surface area (Å²) >= 11 is 0. The highest BCUT2D eigenvalue weighted by atomic mass is 16.5. The van der Waals surface area contributed by atoms with Gasteiger partial charge in [0.1, 0.15) is 11.5 Å². The van der Waals surface area contributed by atoms with Gasteiger partial charge in [0, 0.05) is 16.8 Å². The Morgan fingerprint density at radius 3 is 2.34 bits per heavy atom. The quantitative estimate of drug-likeness (QED) is 0.364. The number of nitrogens with zero attached hydrogens (tertiary/aromatic N) is 2. The van der Waals surface area contributed by atoms with Crippen molar-refractivity contribution in [2.24, 2.45) is 0 Å². The summed E-state index contributed by atoms with van der Waals surface area (Å²) < 4.78 is 17.3. The first-order valence-corrected chi connectivity index (χ1v) is 11.0. The van der Waals surface area contributed by atoms with Gasteiger partial charge in [-0.3, -0.25) is 4.79 Å². The molecule has 0 fully saturated rings. The van der Waals surface area contributed by atoms with Crippen LogP contribution in [0.2, 0.25) is 0 Å². The van der Waals surface area contributed by atoms with Gasteiger partial charge in [0.15, 0.2) is 5.69 Å². The maximum absolute atomic E-state index is 12.8. The van der Waals surface area contributed by atoms with Gasteiger partial charge in [0.2, 0.25) is 0 Å². The van der Waals surface area contributed by atoms with Crippen LogP contribution in [0.3, 0.4) is 0 Å². The van der Waals surface area contributed by atoms with Gasteiger partial charge >= 0.3 is 5.97 Å². The van der Waals surface area contributed by atoms with Crippen molar-refractivity contribution in [2.45, 2.75) is 6.92 Å². The third kappa shape index (κ3) is 5.33. The van der Waals surface area contributed by atoms with Crippen LogP contribution in [0.1, 0.15) is 27.8 Å². The molecule has 4 rings (SSSR count). The zero-order valence-corrected chi connectivity index (χ0v) is 19.6. The number of benzene rings is 3. The number of hydrogen-bond donors (Lipinski definition) is 1. The number of anilines is 1. The molecule has 4 aromatic rings. The van der Waals surface area contributed by atoms with Gasteiger partial charge in [0.25, 0.3) is 5.91 Å². The molecular weight excluding hydrogens is 446 g/mol. The lowest BCUT2D eigenvalue weighted by atomic mass is 10.1. The molecule has 0 aliphatic carbocycles. The Labute approximate surface area is 203 Å². The molecular formula is C27H25N3O5. The van der Waals surface area contributed by atoms with Crippen LogP contribution in [-0.2, 0) is 4.74 Å². The van der Waals surface area contributed by atoms with E-state index in [4.69, 9.17) is 14.2 Å². The second kappa shape index (κ2) is 10.6. The van der Waals surface area contributed by atoms with Crippen LogP contribution in [0.15, 0.2) is 78.9 Å². The van der Waals surface area contributed by atoms with E-state index >= 15 is 0 Å². The number of rotatable bonds is 8. The van der Waals surface area contributed by atoms with Gasteiger partial charge in [0.05, 0.1) is 32.2 Å². The number of ether oxygens (including phenoxy) is 3. The number of aromatic nitrogens is 2. The van der Waals surface area contributed by atoms with Crippen LogP contribution in [0.25, 0.3) is 16.9 Å². The van der Waals surface area contributed by atoms with E-state index in [1.54, 1.807) is 62.2 Å². The SMILES string of the molecule is CCOC(=O)c1cc(-c2cccc(NC(=O)c3cccc(OC)c3)c2)n(-c2ccc(OC)cc2)n1. The number of esters is 1. The topological polar surface area (TPSA) is 91.7 Å². The molecule has 0 bridgehead atoms. The number of hydrogen-bond acceptors (Lipinski definition) is 6. The van der Waals surface area contributed by atoms with Crippen molar-refractivity contribution in [3.63, 3.8) is 0 Å². The van der Waals surface area contributed by atoms with Crippen LogP contribution >= 0.6 is 0 Å². The van der Waals surface area contributed by atoms with Crippen molar-refractivity contribution in [3.8, 4) is 28.4 Å². The highest BCUT2D eigenvalue weighted by Crippen LogP contribution is 2.28. The summed E-state index contributed by atoms with van der Waals surface area (Å²) in [5.41, 5.74) is 3.41. The molecule has 3 aromatic carbocycles. The molecule has 0 unspecified atom stereocenters. The summed E-state index contributed by atoms with van der Waals surface area (Å²) in [5, 5.41) is 7.40. The van der Waals surface area contributed by atoms with Gasteiger partial charge in [-0.15, -0.1) is 0 Å². The Kier molecular flexibility index (Phi) is 7.11. The molecule has 0 aliphatic rings. The zero-order valence-electron chi connectivity index (χ0n) is 19.6. The summed E-state index contributed by atoms with van der Waals surface area (Å²) in [6.07, 6.45) is 0. The largest absolute Gasteiger partial charge is 0.497 e. The second-order valence-corrected chi connectivity index (χ2v) is 7.51. The molecule has 1 aromatic heterocycles. The van der Waals surface area contributed by atoms with E-state index < -0.39 is 5.97 Å². The number of nitrogens with one attached hydrogen (secondary N) is 1. The zero-order chi connectivity index (χ0) is 24.8. The van der Waals surface area contributed by atoms with Gasteiger partial charge in [-0.1, -0.05) is 18.2 Å². The minimum absolute atomic E-state index is 0.184. The predicted molar refractivity (Wildman–Crippen MR) is 132 cm³/mol. The van der Waals surface area contributed by atoms with E-state index in [1.807, 2.05) is 42.5 Å². The summed E-state index contributed by atoms with van der Waals surface area (Å²) in [5.74, 6) is 0.525. The maximum atomic E-state index is 12.8. The Hall–Kier alpha value is -4.59. The lowest BCUT2D eigenvalue weighted by Gasteiger charge is -2.11. The standard InChI is InChI=1S/C27H25N3O5/c1-4-35-27(32)24-17-25(30(29-24)21-11-13-22(33-2)14-12-21)18-7-5-9-20(15-18)28-26(31)19-8-6-10-23(16-19)34-3/h5-17H,4H2,1-3H3,(H,28,31). The average Bonchev–Trinajstić information content (AvgIpc) is 3.35. The smallest absolute Gasteiger partial charge is 0.358 e. The van der Waals surface area contributed by atoms with E-state index in [9.17, 15) is 9.59 Å². The predicted octanol–water partition coefficient (Wildman–Crippen LogP) is 4.99. The molecule has 178 valence electrons. The fraction of sp³-hybridized carbons (Fsp3) is 0.148. The molecule has 35 heavy (non-hydrogen) atoms. The molecule has 1 heterocycles. The molecule has 0 saturated carbocycles. The van der Waals surface area contributed by atoms with Crippen molar-refractivity contribution < 1.29 is 23.8 Å². The van der Waals surface area contributed by atoms with E-state index in [0.717, 1.165) is 11.3 Å². The van der Waals surface area contributed by atoms with Gasteiger partial charge < -0.3 is 19.5 Å². The molecule has 0 saturated heterocycles. The van der Waals surface area contributed by atoms with Gasteiger partial charge in [-0.2, -0.15) is 5.10 Å². The van der Waals surface area contributed by atoms with Crippen LogP contribution < -0.4 is 14.8 Å². The second-order valence-electron chi connectivity index (χ2n) is 7.51. The first-order valence-electron chi connectivity index (χ1n) is 11.0. The minimum Gasteiger partial charge on any atom is -0.497 e. The van der Waals surface area contributed by atoms with Gasteiger partial charge in [-0.25, -0.2) is 9.48 Å². The summed E-state index contributed by atoms with van der Waals surface area (Å²) in [4.78, 5) is 25.2. The summed E-state index contributed by atoms with van der Waals surface area (Å²) in [6.45, 7) is 1.99. The normalized spacial score (nSPS) is 10.5. The van der Waals surface area contributed by atoms with Crippen molar-refractivity contribution in [1.29, 1.82) is 0 Å². The van der Waals surface area contributed by atoms with E-state index in [0.29, 0.717) is 28.4 Å². The maximum Gasteiger partial charge on any atom is 0.358 e. The first-order chi connectivity index (χ1) is 17.0. The molecule has 0 aliphatic heterocycles. The molecule has 8 heteroatoms. The lowest BCUT2D eigenvalue weighted by Crippen LogP contribution is -2.12. The molecule has 0 atom stereocenters. The molecule has 8 nitrogen and oxygen atoms in total. The van der Waals surface area contributed by atoms with Crippen LogP contribution in [0.5, 0.6) is 11.5 Å². The lowest BCUT2D eigenvalue weighted by molar-refractivity contribution is 0.0519. The minimum atomic E-state index is -0.511. The Bertz CT molecular complexity index is 1350. The third-order valence-electron chi connectivity index (χ3n) is 5.26. The summed E-state index contributed by atoms with van der Waals surface area (Å²) in [7, 11) is 3.15. The molecule has 0 spiro atoms. The van der Waals surface area contributed by atoms with E-state index in [-0.39, 0.29) is 18.2 Å². The number of carbonyl (C=O) groups excluding carboxylic acids is 2. The Balaban J connectivity index is 1.69. The molecule has 1 amide bonds. The third-order valence-corrected chi connectivity index (χ3v) is 5.26. The van der Waals surface area contributed by atoms with Crippen molar-refractivity contribution >= 4 is 17.6 Å². The molecule has 0 radical (unpaired) electrons. The Morgan fingerprint density at radius 1 is 0.886 bits per heavy atom. The van der Waals surface area contributed by atoms with Crippen molar-refractivity contribution in [3.05, 3.63) is 90.1 Å². The Morgan fingerprint density at radius 2 is 1.63 bits per heavy atom. The number of amides is 1. The summed E-state index contributed by atoms with van der Waals surface area (Å²) in [6, 6.07) is 23.2. The number of methoxy groups -OCH3 is 2. The van der Waals surface area contributed by atoms with Crippen LogP contribution in [0, 0.1) is 0 Å².